The lowest BCUT2D eigenvalue weighted by atomic mass is 10.2. The molecule has 0 spiro atoms. The number of aryl methyl sites for hydroxylation is 1. The van der Waals surface area contributed by atoms with Crippen LogP contribution in [0.1, 0.15) is 19.0 Å². The van der Waals surface area contributed by atoms with Crippen molar-refractivity contribution in [2.24, 2.45) is 7.05 Å². The second-order valence-corrected chi connectivity index (χ2v) is 2.86. The van der Waals surface area contributed by atoms with Crippen molar-refractivity contribution < 1.29 is 0 Å². The van der Waals surface area contributed by atoms with Gasteiger partial charge in [0.15, 0.2) is 0 Å². The first kappa shape index (κ1) is 9.75. The Morgan fingerprint density at radius 2 is 2.54 bits per heavy atom. The van der Waals surface area contributed by atoms with E-state index in [4.69, 9.17) is 6.42 Å². The SMILES string of the molecule is C#CC(CC)NCc1cnnn1C. The minimum absolute atomic E-state index is 0.134. The van der Waals surface area contributed by atoms with Crippen molar-refractivity contribution in [1.82, 2.24) is 20.3 Å². The second-order valence-electron chi connectivity index (χ2n) is 2.86. The summed E-state index contributed by atoms with van der Waals surface area (Å²) in [6.45, 7) is 2.77. The van der Waals surface area contributed by atoms with Crippen LogP contribution in [0.25, 0.3) is 0 Å². The highest BCUT2D eigenvalue weighted by atomic mass is 15.4. The van der Waals surface area contributed by atoms with Crippen molar-refractivity contribution >= 4 is 0 Å². The molecule has 0 bridgehead atoms. The second kappa shape index (κ2) is 4.63. The van der Waals surface area contributed by atoms with Gasteiger partial charge in [0.2, 0.25) is 0 Å². The first-order valence-corrected chi connectivity index (χ1v) is 4.31. The Morgan fingerprint density at radius 3 is 3.00 bits per heavy atom. The molecule has 1 atom stereocenters. The predicted octanol–water partition coefficient (Wildman–Crippen LogP) is 0.316. The summed E-state index contributed by atoms with van der Waals surface area (Å²) < 4.78 is 1.73. The Balaban J connectivity index is 2.44. The Morgan fingerprint density at radius 1 is 1.77 bits per heavy atom. The van der Waals surface area contributed by atoms with Gasteiger partial charge in [-0.3, -0.25) is 10.00 Å². The molecule has 4 nitrogen and oxygen atoms in total. The fourth-order valence-electron chi connectivity index (χ4n) is 1.02. The van der Waals surface area contributed by atoms with Crippen molar-refractivity contribution in [3.8, 4) is 12.3 Å². The van der Waals surface area contributed by atoms with Gasteiger partial charge in [-0.05, 0) is 6.42 Å². The summed E-state index contributed by atoms with van der Waals surface area (Å²) in [6, 6.07) is 0.134. The summed E-state index contributed by atoms with van der Waals surface area (Å²) in [6.07, 6.45) is 7.97. The summed E-state index contributed by atoms with van der Waals surface area (Å²) in [7, 11) is 1.86. The third-order valence-corrected chi connectivity index (χ3v) is 1.95. The molecular weight excluding hydrogens is 164 g/mol. The number of terminal acetylenes is 1. The van der Waals surface area contributed by atoms with Crippen molar-refractivity contribution in [3.63, 3.8) is 0 Å². The third-order valence-electron chi connectivity index (χ3n) is 1.95. The minimum Gasteiger partial charge on any atom is -0.298 e. The van der Waals surface area contributed by atoms with E-state index >= 15 is 0 Å². The molecule has 0 saturated heterocycles. The Bertz CT molecular complexity index is 297. The highest BCUT2D eigenvalue weighted by molar-refractivity contribution is 5.00. The van der Waals surface area contributed by atoms with Crippen molar-refractivity contribution in [2.75, 3.05) is 0 Å². The van der Waals surface area contributed by atoms with Gasteiger partial charge in [0.1, 0.15) is 0 Å². The van der Waals surface area contributed by atoms with Crippen LogP contribution in [0.2, 0.25) is 0 Å². The van der Waals surface area contributed by atoms with Crippen molar-refractivity contribution in [2.45, 2.75) is 25.9 Å². The molecule has 0 amide bonds. The molecule has 4 heteroatoms. The first-order chi connectivity index (χ1) is 6.27. The maximum Gasteiger partial charge on any atom is 0.0738 e. The molecule has 1 heterocycles. The summed E-state index contributed by atoms with van der Waals surface area (Å²) in [5.41, 5.74) is 1.04. The summed E-state index contributed by atoms with van der Waals surface area (Å²) >= 11 is 0. The van der Waals surface area contributed by atoms with Crippen LogP contribution in [0.15, 0.2) is 6.20 Å². The van der Waals surface area contributed by atoms with Crippen LogP contribution in [0.5, 0.6) is 0 Å². The average molecular weight is 178 g/mol. The van der Waals surface area contributed by atoms with Crippen LogP contribution < -0.4 is 5.32 Å². The Labute approximate surface area is 78.3 Å². The van der Waals surface area contributed by atoms with Gasteiger partial charge in [-0.15, -0.1) is 11.5 Å². The van der Waals surface area contributed by atoms with Gasteiger partial charge in [0.05, 0.1) is 17.9 Å². The van der Waals surface area contributed by atoms with Crippen LogP contribution in [-0.4, -0.2) is 21.0 Å². The highest BCUT2D eigenvalue weighted by Gasteiger charge is 2.03. The van der Waals surface area contributed by atoms with E-state index in [9.17, 15) is 0 Å². The minimum atomic E-state index is 0.134. The molecule has 0 aliphatic heterocycles. The fraction of sp³-hybridized carbons (Fsp3) is 0.556. The smallest absolute Gasteiger partial charge is 0.0738 e. The summed E-state index contributed by atoms with van der Waals surface area (Å²) in [4.78, 5) is 0. The summed E-state index contributed by atoms with van der Waals surface area (Å²) in [5.74, 6) is 2.67. The number of hydrogen-bond donors (Lipinski definition) is 1. The zero-order valence-corrected chi connectivity index (χ0v) is 7.99. The molecule has 0 saturated carbocycles. The molecule has 0 fully saturated rings. The quantitative estimate of drug-likeness (QED) is 0.675. The first-order valence-electron chi connectivity index (χ1n) is 4.31. The maximum atomic E-state index is 5.31. The normalized spacial score (nSPS) is 12.4. The lowest BCUT2D eigenvalue weighted by Crippen LogP contribution is -2.27. The largest absolute Gasteiger partial charge is 0.298 e. The molecule has 70 valence electrons. The Kier molecular flexibility index (Phi) is 3.47. The van der Waals surface area contributed by atoms with Crippen LogP contribution in [-0.2, 0) is 13.6 Å². The molecule has 1 aromatic rings. The van der Waals surface area contributed by atoms with Crippen LogP contribution in [0.4, 0.5) is 0 Å². The van der Waals surface area contributed by atoms with E-state index in [1.54, 1.807) is 10.9 Å². The van der Waals surface area contributed by atoms with Crippen LogP contribution in [0.3, 0.4) is 0 Å². The number of nitrogens with one attached hydrogen (secondary N) is 1. The van der Waals surface area contributed by atoms with Gasteiger partial charge in [-0.25, -0.2) is 0 Å². The van der Waals surface area contributed by atoms with Crippen molar-refractivity contribution in [3.05, 3.63) is 11.9 Å². The maximum absolute atomic E-state index is 5.31. The van der Waals surface area contributed by atoms with Gasteiger partial charge in [-0.1, -0.05) is 18.1 Å². The molecule has 0 aliphatic carbocycles. The predicted molar refractivity (Wildman–Crippen MR) is 50.8 cm³/mol. The number of aromatic nitrogens is 3. The molecular formula is C9H14N4. The monoisotopic (exact) mass is 178 g/mol. The molecule has 1 N–H and O–H groups in total. The van der Waals surface area contributed by atoms with E-state index in [2.05, 4.69) is 28.5 Å². The van der Waals surface area contributed by atoms with Crippen LogP contribution in [0, 0.1) is 12.3 Å². The molecule has 0 aliphatic rings. The Hall–Kier alpha value is -1.34. The topological polar surface area (TPSA) is 42.7 Å². The van der Waals surface area contributed by atoms with Gasteiger partial charge in [0, 0.05) is 13.6 Å². The van der Waals surface area contributed by atoms with E-state index in [-0.39, 0.29) is 6.04 Å². The zero-order chi connectivity index (χ0) is 9.68. The van der Waals surface area contributed by atoms with Gasteiger partial charge in [-0.2, -0.15) is 0 Å². The van der Waals surface area contributed by atoms with E-state index in [1.807, 2.05) is 7.05 Å². The van der Waals surface area contributed by atoms with Crippen molar-refractivity contribution in [1.29, 1.82) is 0 Å². The number of rotatable bonds is 4. The zero-order valence-electron chi connectivity index (χ0n) is 7.99. The highest BCUT2D eigenvalue weighted by Crippen LogP contribution is 1.95. The number of hydrogen-bond acceptors (Lipinski definition) is 3. The standard InChI is InChI=1S/C9H14N4/c1-4-8(5-2)10-6-9-7-11-12-13(9)3/h1,7-8,10H,5-6H2,2-3H3. The molecule has 0 aromatic carbocycles. The van der Waals surface area contributed by atoms with Gasteiger partial charge < -0.3 is 0 Å². The third kappa shape index (κ3) is 2.56. The van der Waals surface area contributed by atoms with E-state index in [0.29, 0.717) is 6.54 Å². The van der Waals surface area contributed by atoms with Gasteiger partial charge in [0.25, 0.3) is 0 Å². The molecule has 1 unspecified atom stereocenters. The van der Waals surface area contributed by atoms with E-state index in [0.717, 1.165) is 12.1 Å². The molecule has 1 rings (SSSR count). The van der Waals surface area contributed by atoms with Crippen LogP contribution >= 0.6 is 0 Å². The number of nitrogens with zero attached hydrogens (tertiary/aromatic N) is 3. The summed E-state index contributed by atoms with van der Waals surface area (Å²) in [5, 5.41) is 10.8. The van der Waals surface area contributed by atoms with E-state index in [1.165, 1.54) is 0 Å². The van der Waals surface area contributed by atoms with E-state index < -0.39 is 0 Å². The lowest BCUT2D eigenvalue weighted by molar-refractivity contribution is 0.561. The average Bonchev–Trinajstić information content (AvgIpc) is 2.54. The molecule has 1 aromatic heterocycles. The molecule has 13 heavy (non-hydrogen) atoms. The molecule has 0 radical (unpaired) electrons. The fourth-order valence-corrected chi connectivity index (χ4v) is 1.02. The van der Waals surface area contributed by atoms with Gasteiger partial charge >= 0.3 is 0 Å². The lowest BCUT2D eigenvalue weighted by Gasteiger charge is -2.09.